The van der Waals surface area contributed by atoms with Crippen LogP contribution in [0.15, 0.2) is 103 Å². The van der Waals surface area contributed by atoms with Crippen molar-refractivity contribution in [2.75, 3.05) is 0 Å². The van der Waals surface area contributed by atoms with Gasteiger partial charge in [-0.3, -0.25) is 0 Å². The number of benzene rings is 3. The molecule has 3 fully saturated rings. The van der Waals surface area contributed by atoms with Crippen LogP contribution in [-0.4, -0.2) is 31.2 Å². The number of rotatable bonds is 5. The summed E-state index contributed by atoms with van der Waals surface area (Å²) in [5.74, 6) is 0. The van der Waals surface area contributed by atoms with E-state index in [1.54, 1.807) is 96.3 Å². The molecule has 0 N–H and O–H groups in total. The van der Waals surface area contributed by atoms with Crippen molar-refractivity contribution < 1.29 is 13.5 Å². The Labute approximate surface area is 314 Å². The maximum absolute atomic E-state index is 5.59. The molecule has 2 heterocycles. The van der Waals surface area contributed by atoms with Crippen LogP contribution in [0.5, 0.6) is 0 Å². The molecule has 3 aliphatic carbocycles. The number of para-hydroxylation sites is 2. The molecule has 3 saturated carbocycles. The molecule has 6 heteroatoms. The van der Waals surface area contributed by atoms with Gasteiger partial charge in [0.25, 0.3) is 0 Å². The maximum atomic E-state index is 5.59. The zero-order chi connectivity index (χ0) is 34.4. The van der Waals surface area contributed by atoms with Crippen molar-refractivity contribution >= 4 is 59.5 Å². The van der Waals surface area contributed by atoms with E-state index in [9.17, 15) is 0 Å². The van der Waals surface area contributed by atoms with Gasteiger partial charge < -0.3 is 0 Å². The Balaban J connectivity index is 0.000000136. The van der Waals surface area contributed by atoms with Crippen molar-refractivity contribution in [2.45, 2.75) is 113 Å². The van der Waals surface area contributed by atoms with Crippen molar-refractivity contribution in [3.63, 3.8) is 0 Å². The van der Waals surface area contributed by atoms with Gasteiger partial charge in [-0.1, -0.05) is 67.8 Å². The van der Waals surface area contributed by atoms with Crippen LogP contribution < -0.4 is 0 Å². The van der Waals surface area contributed by atoms with E-state index in [2.05, 4.69) is 38.5 Å². The summed E-state index contributed by atoms with van der Waals surface area (Å²) in [6.45, 7) is 0. The number of hydrogen-bond acceptors (Lipinski definition) is 2. The predicted octanol–water partition coefficient (Wildman–Crippen LogP) is 13.7. The fourth-order valence-corrected chi connectivity index (χ4v) is 14.5. The first-order chi connectivity index (χ1) is 24.6. The molecule has 2 aromatic heterocycles. The summed E-state index contributed by atoms with van der Waals surface area (Å²) in [7, 11) is 11.1. The van der Waals surface area contributed by atoms with Gasteiger partial charge in [-0.05, 0) is 101 Å². The molecular formula is C44H52Cl2N2PRu+. The van der Waals surface area contributed by atoms with Gasteiger partial charge in [0, 0.05) is 18.7 Å². The minimum Gasteiger partial charge on any atom is -0.246 e. The number of hydrogen-bond donors (Lipinski definition) is 0. The maximum Gasteiger partial charge on any atom is 0.0894 e. The van der Waals surface area contributed by atoms with Crippen molar-refractivity contribution in [2.24, 2.45) is 0 Å². The van der Waals surface area contributed by atoms with Gasteiger partial charge >= 0.3 is 79.1 Å². The molecule has 0 atom stereocenters. The molecule has 5 aromatic rings. The minimum atomic E-state index is -1.74. The number of pyridine rings is 2. The standard InChI is InChI=1S/C18H12N2.C18H33P.C8H6.2ClH.Ru/c1-3-7-15-13(5-1)9-11-17(19-15)18-12-10-14-6-2-4-8-16(14)20-18;1-4-10-16(11-5-1)19(17-12-6-2-7-13-17)18-14-8-3-9-15-18;1-2-8-6-4-3-5-7-8;;;/h1-12H;16-18H,1-15H2;2-7H;2*1H;/q;;;;;+2/p-1. The average Bonchev–Trinajstić information content (AvgIpc) is 3.19. The summed E-state index contributed by atoms with van der Waals surface area (Å²) in [6.07, 6.45) is 25.6. The van der Waals surface area contributed by atoms with E-state index in [4.69, 9.17) is 19.4 Å². The third kappa shape index (κ3) is 11.1. The van der Waals surface area contributed by atoms with Crippen LogP contribution in [0.2, 0.25) is 0 Å². The Morgan fingerprint density at radius 1 is 0.500 bits per heavy atom. The minimum absolute atomic E-state index is 0.0465. The molecule has 0 unspecified atom stereocenters. The summed E-state index contributed by atoms with van der Waals surface area (Å²) in [6, 6.07) is 34.4. The van der Waals surface area contributed by atoms with Crippen LogP contribution in [0, 0.1) is 0 Å². The Kier molecular flexibility index (Phi) is 15.1. The molecule has 3 aliphatic rings. The van der Waals surface area contributed by atoms with Crippen molar-refractivity contribution in [1.82, 2.24) is 9.97 Å². The molecule has 264 valence electrons. The first kappa shape index (κ1) is 37.5. The van der Waals surface area contributed by atoms with E-state index in [1.807, 2.05) is 84.9 Å². The molecule has 3 aromatic carbocycles. The van der Waals surface area contributed by atoms with E-state index in [-0.39, 0.29) is 7.92 Å². The van der Waals surface area contributed by atoms with Crippen LogP contribution in [0.3, 0.4) is 0 Å². The monoisotopic (exact) mass is 811 g/mol. The van der Waals surface area contributed by atoms with Gasteiger partial charge in [-0.2, -0.15) is 0 Å². The number of aromatic nitrogens is 2. The van der Waals surface area contributed by atoms with Gasteiger partial charge in [0.1, 0.15) is 0 Å². The second-order valence-electron chi connectivity index (χ2n) is 14.1. The second-order valence-corrected chi connectivity index (χ2v) is 23.0. The van der Waals surface area contributed by atoms with E-state index < -0.39 is 13.5 Å². The van der Waals surface area contributed by atoms with Crippen molar-refractivity contribution in [3.8, 4) is 11.4 Å². The Morgan fingerprint density at radius 2 is 0.900 bits per heavy atom. The molecule has 8 rings (SSSR count). The van der Waals surface area contributed by atoms with Crippen LogP contribution in [0.25, 0.3) is 39.3 Å². The largest absolute Gasteiger partial charge is 0.246 e. The SMILES string of the molecule is C1CCC([PH+](C2CCCCC2)C2CCCCC2)CC1.[Cl][Ru]([Cl])=[C]=Cc1ccccc1.c1ccc2nc(-c3ccc4ccccc4n3)ccc2c1. The number of nitrogens with zero attached hydrogens (tertiary/aromatic N) is 2. The van der Waals surface area contributed by atoms with Gasteiger partial charge in [-0.25, -0.2) is 9.97 Å². The number of fused-ring (bicyclic) bond motifs is 2. The van der Waals surface area contributed by atoms with E-state index in [0.717, 1.165) is 38.8 Å². The average molecular weight is 812 g/mol. The van der Waals surface area contributed by atoms with Crippen molar-refractivity contribution in [3.05, 3.63) is 109 Å². The zero-order valence-electron chi connectivity index (χ0n) is 29.2. The Bertz CT molecular complexity index is 1720. The molecule has 50 heavy (non-hydrogen) atoms. The molecule has 0 amide bonds. The zero-order valence-corrected chi connectivity index (χ0v) is 33.5. The third-order valence-electron chi connectivity index (χ3n) is 10.8. The fraction of sp³-hybridized carbons (Fsp3) is 0.409. The first-order valence-corrected chi connectivity index (χ1v) is 25.9. The summed E-state index contributed by atoms with van der Waals surface area (Å²) in [5, 5.41) is 2.30. The first-order valence-electron chi connectivity index (χ1n) is 18.9. The van der Waals surface area contributed by atoms with E-state index >= 15 is 0 Å². The van der Waals surface area contributed by atoms with Crippen LogP contribution in [-0.2, 0) is 13.5 Å². The summed E-state index contributed by atoms with van der Waals surface area (Å²) in [4.78, 5) is 9.38. The van der Waals surface area contributed by atoms with Gasteiger partial charge in [0.2, 0.25) is 0 Å². The molecule has 0 saturated heterocycles. The van der Waals surface area contributed by atoms with Gasteiger partial charge in [0.05, 0.1) is 39.4 Å². The molecule has 2 nitrogen and oxygen atoms in total. The van der Waals surface area contributed by atoms with E-state index in [1.165, 1.54) is 17.0 Å². The quantitative estimate of drug-likeness (QED) is 0.131. The molecule has 0 bridgehead atoms. The topological polar surface area (TPSA) is 25.8 Å². The van der Waals surface area contributed by atoms with E-state index in [0.29, 0.717) is 0 Å². The normalized spacial score (nSPS) is 17.6. The van der Waals surface area contributed by atoms with Crippen LogP contribution in [0.1, 0.15) is 102 Å². The summed E-state index contributed by atoms with van der Waals surface area (Å²) >= 11 is -1.74. The van der Waals surface area contributed by atoms with Crippen LogP contribution in [0.4, 0.5) is 0 Å². The smallest absolute Gasteiger partial charge is 0.0894 e. The fourth-order valence-electron chi connectivity index (χ4n) is 8.37. The predicted molar refractivity (Wildman–Crippen MR) is 219 cm³/mol. The van der Waals surface area contributed by atoms with Gasteiger partial charge in [-0.15, -0.1) is 0 Å². The number of halogens is 2. The molecular weight excluding hydrogens is 759 g/mol. The Morgan fingerprint density at radius 3 is 1.32 bits per heavy atom. The Hall–Kier alpha value is -2.24. The van der Waals surface area contributed by atoms with Crippen LogP contribution >= 0.6 is 27.3 Å². The molecule has 0 spiro atoms. The summed E-state index contributed by atoms with van der Waals surface area (Å²) < 4.78 is 2.91. The van der Waals surface area contributed by atoms with Gasteiger partial charge in [0.15, 0.2) is 0 Å². The molecule has 0 aliphatic heterocycles. The second kappa shape index (κ2) is 20.1. The summed E-state index contributed by atoms with van der Waals surface area (Å²) in [5.41, 5.74) is 8.59. The van der Waals surface area contributed by atoms with Crippen molar-refractivity contribution in [1.29, 1.82) is 0 Å². The third-order valence-corrected chi connectivity index (χ3v) is 16.9. The molecule has 0 radical (unpaired) electrons.